The lowest BCUT2D eigenvalue weighted by Crippen LogP contribution is -2.24. The first-order valence-corrected chi connectivity index (χ1v) is 9.48. The van der Waals surface area contributed by atoms with Crippen LogP contribution in [0.5, 0.6) is 0 Å². The molecule has 0 aliphatic rings. The predicted molar refractivity (Wildman–Crippen MR) is 85.9 cm³/mol. The topological polar surface area (TPSA) is 67.3 Å². The van der Waals surface area contributed by atoms with Crippen LogP contribution >= 0.6 is 11.3 Å². The third-order valence-electron chi connectivity index (χ3n) is 3.04. The monoisotopic (exact) mass is 343 g/mol. The van der Waals surface area contributed by atoms with Gasteiger partial charge in [-0.25, -0.2) is 17.8 Å². The molecule has 2 aromatic rings. The molecule has 120 valence electrons. The van der Waals surface area contributed by atoms with E-state index in [1.165, 1.54) is 23.5 Å². The highest BCUT2D eigenvalue weighted by Crippen LogP contribution is 2.25. The van der Waals surface area contributed by atoms with Gasteiger partial charge in [-0.3, -0.25) is 0 Å². The Kier molecular flexibility index (Phi) is 4.99. The molecule has 2 rings (SSSR count). The van der Waals surface area contributed by atoms with Gasteiger partial charge in [-0.2, -0.15) is 0 Å². The van der Waals surface area contributed by atoms with Crippen molar-refractivity contribution in [3.05, 3.63) is 41.2 Å². The van der Waals surface area contributed by atoms with Crippen molar-refractivity contribution in [1.29, 1.82) is 0 Å². The highest BCUT2D eigenvalue weighted by Gasteiger charge is 2.20. The molecule has 1 heterocycles. The summed E-state index contributed by atoms with van der Waals surface area (Å²) in [5.74, 6) is -0.560. The molecule has 0 aliphatic heterocycles. The lowest BCUT2D eigenvalue weighted by molar-refractivity contribution is 0.0772. The number of aromatic nitrogens is 1. The summed E-state index contributed by atoms with van der Waals surface area (Å²) < 4.78 is 37.0. The standard InChI is InChI=1S/C15H18FNO3S2/c1-15(2,18)7-8-22(19,20)10-13-9-21-14(17-13)11-3-5-12(16)6-4-11/h3-6,9,18H,7-8,10H2,1-2H3. The SMILES string of the molecule is CC(C)(O)CCS(=O)(=O)Cc1csc(-c2ccc(F)cc2)n1. The zero-order valence-electron chi connectivity index (χ0n) is 12.4. The molecule has 1 aromatic heterocycles. The number of rotatable bonds is 6. The maximum atomic E-state index is 12.9. The highest BCUT2D eigenvalue weighted by atomic mass is 32.2. The fraction of sp³-hybridized carbons (Fsp3) is 0.400. The van der Waals surface area contributed by atoms with Crippen molar-refractivity contribution in [3.8, 4) is 10.6 Å². The van der Waals surface area contributed by atoms with Crippen LogP contribution in [-0.4, -0.2) is 29.9 Å². The Hall–Kier alpha value is -1.31. The average Bonchev–Trinajstić information content (AvgIpc) is 2.84. The van der Waals surface area contributed by atoms with Crippen molar-refractivity contribution in [2.75, 3.05) is 5.75 Å². The molecule has 1 N–H and O–H groups in total. The van der Waals surface area contributed by atoms with E-state index < -0.39 is 15.4 Å². The van der Waals surface area contributed by atoms with E-state index in [0.29, 0.717) is 10.7 Å². The van der Waals surface area contributed by atoms with Crippen molar-refractivity contribution in [1.82, 2.24) is 4.98 Å². The van der Waals surface area contributed by atoms with Gasteiger partial charge in [0.05, 0.1) is 22.8 Å². The summed E-state index contributed by atoms with van der Waals surface area (Å²) in [5, 5.41) is 12.0. The quantitative estimate of drug-likeness (QED) is 0.875. The van der Waals surface area contributed by atoms with E-state index in [-0.39, 0.29) is 23.7 Å². The second-order valence-electron chi connectivity index (χ2n) is 5.81. The number of hydrogen-bond donors (Lipinski definition) is 1. The van der Waals surface area contributed by atoms with Crippen LogP contribution in [-0.2, 0) is 15.6 Å². The molecular formula is C15H18FNO3S2. The molecule has 0 unspecified atom stereocenters. The van der Waals surface area contributed by atoms with Gasteiger partial charge >= 0.3 is 0 Å². The minimum absolute atomic E-state index is 0.0834. The van der Waals surface area contributed by atoms with Gasteiger partial charge in [-0.15, -0.1) is 11.3 Å². The van der Waals surface area contributed by atoms with Gasteiger partial charge in [0.25, 0.3) is 0 Å². The third kappa shape index (κ3) is 5.15. The lowest BCUT2D eigenvalue weighted by atomic mass is 10.1. The molecule has 7 heteroatoms. The van der Waals surface area contributed by atoms with Gasteiger partial charge in [0.1, 0.15) is 10.8 Å². The fourth-order valence-corrected chi connectivity index (χ4v) is 4.29. The van der Waals surface area contributed by atoms with Crippen LogP contribution in [0.3, 0.4) is 0 Å². The summed E-state index contributed by atoms with van der Waals surface area (Å²) in [6, 6.07) is 5.91. The number of halogens is 1. The van der Waals surface area contributed by atoms with Gasteiger partial charge < -0.3 is 5.11 Å². The number of aliphatic hydroxyl groups is 1. The average molecular weight is 343 g/mol. The van der Waals surface area contributed by atoms with E-state index in [2.05, 4.69) is 4.98 Å². The number of hydrogen-bond acceptors (Lipinski definition) is 5. The van der Waals surface area contributed by atoms with Crippen LogP contribution in [0.15, 0.2) is 29.6 Å². The molecular weight excluding hydrogens is 325 g/mol. The van der Waals surface area contributed by atoms with Gasteiger partial charge in [0, 0.05) is 10.9 Å². The van der Waals surface area contributed by atoms with Crippen molar-refractivity contribution < 1.29 is 17.9 Å². The van der Waals surface area contributed by atoms with Crippen molar-refractivity contribution in [3.63, 3.8) is 0 Å². The maximum absolute atomic E-state index is 12.9. The van der Waals surface area contributed by atoms with Crippen LogP contribution in [0, 0.1) is 5.82 Å². The van der Waals surface area contributed by atoms with Crippen molar-refractivity contribution in [2.45, 2.75) is 31.6 Å². The summed E-state index contributed by atoms with van der Waals surface area (Å²) in [6.45, 7) is 3.16. The highest BCUT2D eigenvalue weighted by molar-refractivity contribution is 7.90. The van der Waals surface area contributed by atoms with E-state index in [1.54, 1.807) is 31.4 Å². The van der Waals surface area contributed by atoms with Gasteiger partial charge in [-0.1, -0.05) is 0 Å². The molecule has 4 nitrogen and oxygen atoms in total. The van der Waals surface area contributed by atoms with Crippen LogP contribution in [0.4, 0.5) is 4.39 Å². The number of sulfone groups is 1. The van der Waals surface area contributed by atoms with Gasteiger partial charge in [0.15, 0.2) is 9.84 Å². The molecule has 0 saturated carbocycles. The third-order valence-corrected chi connectivity index (χ3v) is 5.54. The first-order valence-electron chi connectivity index (χ1n) is 6.78. The minimum atomic E-state index is -3.32. The second kappa shape index (κ2) is 6.44. The summed E-state index contributed by atoms with van der Waals surface area (Å²) in [7, 11) is -3.32. The lowest BCUT2D eigenvalue weighted by Gasteiger charge is -2.16. The minimum Gasteiger partial charge on any atom is -0.390 e. The molecule has 0 aliphatic carbocycles. The first kappa shape index (κ1) is 17.1. The van der Waals surface area contributed by atoms with E-state index in [9.17, 15) is 17.9 Å². The summed E-state index contributed by atoms with van der Waals surface area (Å²) in [6.07, 6.45) is 0.185. The zero-order chi connectivity index (χ0) is 16.4. The largest absolute Gasteiger partial charge is 0.390 e. The zero-order valence-corrected chi connectivity index (χ0v) is 14.0. The van der Waals surface area contributed by atoms with Crippen molar-refractivity contribution >= 4 is 21.2 Å². The Morgan fingerprint density at radius 3 is 2.50 bits per heavy atom. The summed E-state index contributed by atoms with van der Waals surface area (Å²) in [5.41, 5.74) is 0.223. The fourth-order valence-electron chi connectivity index (χ4n) is 1.80. The van der Waals surface area contributed by atoms with Gasteiger partial charge in [0.2, 0.25) is 0 Å². The van der Waals surface area contributed by atoms with Crippen molar-refractivity contribution in [2.24, 2.45) is 0 Å². The molecule has 0 fully saturated rings. The number of benzene rings is 1. The molecule has 0 saturated heterocycles. The van der Waals surface area contributed by atoms with Crippen LogP contribution in [0.1, 0.15) is 26.0 Å². The summed E-state index contributed by atoms with van der Waals surface area (Å²) in [4.78, 5) is 4.29. The normalized spacial score (nSPS) is 12.5. The molecule has 0 spiro atoms. The molecule has 0 atom stereocenters. The number of nitrogens with zero attached hydrogens (tertiary/aromatic N) is 1. The molecule has 0 radical (unpaired) electrons. The molecule has 22 heavy (non-hydrogen) atoms. The Morgan fingerprint density at radius 2 is 1.91 bits per heavy atom. The van der Waals surface area contributed by atoms with Crippen LogP contribution in [0.25, 0.3) is 10.6 Å². The smallest absolute Gasteiger partial charge is 0.156 e. The Balaban J connectivity index is 2.07. The van der Waals surface area contributed by atoms with Crippen LogP contribution in [0.2, 0.25) is 0 Å². The predicted octanol–water partition coefficient (Wildman–Crippen LogP) is 3.03. The molecule has 0 bridgehead atoms. The second-order valence-corrected chi connectivity index (χ2v) is 8.85. The van der Waals surface area contributed by atoms with E-state index in [0.717, 1.165) is 5.56 Å². The van der Waals surface area contributed by atoms with Crippen LogP contribution < -0.4 is 0 Å². The molecule has 0 amide bonds. The number of thiazole rings is 1. The van der Waals surface area contributed by atoms with Gasteiger partial charge in [-0.05, 0) is 44.5 Å². The first-order chi connectivity index (χ1) is 10.1. The maximum Gasteiger partial charge on any atom is 0.156 e. The Bertz CT molecular complexity index is 731. The van der Waals surface area contributed by atoms with E-state index in [1.807, 2.05) is 0 Å². The molecule has 1 aromatic carbocycles. The Labute approximate surface area is 133 Å². The summed E-state index contributed by atoms with van der Waals surface area (Å²) >= 11 is 1.33. The Morgan fingerprint density at radius 1 is 1.27 bits per heavy atom. The van der Waals surface area contributed by atoms with E-state index >= 15 is 0 Å². The van der Waals surface area contributed by atoms with E-state index in [4.69, 9.17) is 0 Å².